The van der Waals surface area contributed by atoms with Crippen molar-refractivity contribution in [3.05, 3.63) is 106 Å². The van der Waals surface area contributed by atoms with E-state index in [-0.39, 0.29) is 10.8 Å². The second-order valence-electron chi connectivity index (χ2n) is 8.60. The molecule has 4 rings (SSSR count). The predicted octanol–water partition coefficient (Wildman–Crippen LogP) is 9.35. The maximum atomic E-state index is 15.2. The van der Waals surface area contributed by atoms with Gasteiger partial charge < -0.3 is 0 Å². The molecule has 0 fully saturated rings. The molecule has 0 atom stereocenters. The minimum Gasteiger partial charge on any atom is -0.206 e. The molecule has 0 nitrogen and oxygen atoms in total. The summed E-state index contributed by atoms with van der Waals surface area (Å²) in [6.45, 7) is 2.23. The van der Waals surface area contributed by atoms with E-state index in [1.54, 1.807) is 18.2 Å². The molecule has 0 aliphatic rings. The second kappa shape index (κ2) is 11.3. The van der Waals surface area contributed by atoms with Crippen LogP contribution in [-0.4, -0.2) is 0 Å². The zero-order valence-electron chi connectivity index (χ0n) is 19.3. The Balaban J connectivity index is 1.48. The first-order valence-corrected chi connectivity index (χ1v) is 12.2. The van der Waals surface area contributed by atoms with Gasteiger partial charge in [-0.3, -0.25) is 0 Å². The SMILES string of the molecule is CCCCCCCc1ccc(C#Cc2ccc3c(F)c(-c4ccc(Cl)c(F)c4)ccc3c2)cc1. The normalized spacial score (nSPS) is 10.8. The van der Waals surface area contributed by atoms with Gasteiger partial charge >= 0.3 is 0 Å². The maximum Gasteiger partial charge on any atom is 0.142 e. The Labute approximate surface area is 205 Å². The molecule has 0 heterocycles. The molecule has 0 aliphatic carbocycles. The lowest BCUT2D eigenvalue weighted by atomic mass is 9.99. The average molecular weight is 473 g/mol. The summed E-state index contributed by atoms with van der Waals surface area (Å²) < 4.78 is 29.0. The van der Waals surface area contributed by atoms with Gasteiger partial charge in [-0.2, -0.15) is 0 Å². The predicted molar refractivity (Wildman–Crippen MR) is 139 cm³/mol. The number of halogens is 3. The molecule has 0 unspecified atom stereocenters. The fourth-order valence-corrected chi connectivity index (χ4v) is 4.21. The van der Waals surface area contributed by atoms with E-state index in [4.69, 9.17) is 11.6 Å². The molecule has 0 saturated heterocycles. The summed E-state index contributed by atoms with van der Waals surface area (Å²) in [6.07, 6.45) is 7.53. The third-order valence-corrected chi connectivity index (χ3v) is 6.37. The first kappa shape index (κ1) is 24.0. The van der Waals surface area contributed by atoms with E-state index >= 15 is 4.39 Å². The largest absolute Gasteiger partial charge is 0.206 e. The minimum atomic E-state index is -0.565. The van der Waals surface area contributed by atoms with E-state index in [1.165, 1.54) is 49.8 Å². The first-order chi connectivity index (χ1) is 16.5. The van der Waals surface area contributed by atoms with Gasteiger partial charge in [0.25, 0.3) is 0 Å². The van der Waals surface area contributed by atoms with E-state index in [0.29, 0.717) is 16.5 Å². The van der Waals surface area contributed by atoms with Crippen molar-refractivity contribution in [2.45, 2.75) is 45.4 Å². The lowest BCUT2D eigenvalue weighted by Gasteiger charge is -2.08. The molecule has 0 saturated carbocycles. The van der Waals surface area contributed by atoms with Crippen molar-refractivity contribution in [3.8, 4) is 23.0 Å². The Bertz CT molecular complexity index is 1340. The molecule has 0 amide bonds. The lowest BCUT2D eigenvalue weighted by Crippen LogP contribution is -1.89. The number of fused-ring (bicyclic) bond motifs is 1. The third kappa shape index (κ3) is 5.85. The Morgan fingerprint density at radius 3 is 2.24 bits per heavy atom. The van der Waals surface area contributed by atoms with Crippen molar-refractivity contribution in [1.82, 2.24) is 0 Å². The number of benzene rings is 4. The van der Waals surface area contributed by atoms with E-state index < -0.39 is 5.82 Å². The first-order valence-electron chi connectivity index (χ1n) is 11.8. The highest BCUT2D eigenvalue weighted by molar-refractivity contribution is 6.30. The molecule has 4 aromatic carbocycles. The van der Waals surface area contributed by atoms with Crippen LogP contribution in [0.4, 0.5) is 8.78 Å². The molecular formula is C31H27ClF2. The summed E-state index contributed by atoms with van der Waals surface area (Å²) >= 11 is 5.76. The fraction of sp³-hybridized carbons (Fsp3) is 0.226. The number of rotatable bonds is 7. The molecule has 0 N–H and O–H groups in total. The Kier molecular flexibility index (Phi) is 7.99. The Hall–Kier alpha value is -3.15. The molecule has 3 heteroatoms. The number of aryl methyl sites for hydroxylation is 1. The van der Waals surface area contributed by atoms with Gasteiger partial charge in [0.05, 0.1) is 5.02 Å². The van der Waals surface area contributed by atoms with Crippen molar-refractivity contribution in [2.75, 3.05) is 0 Å². The van der Waals surface area contributed by atoms with E-state index in [1.807, 2.05) is 18.2 Å². The van der Waals surface area contributed by atoms with Crippen molar-refractivity contribution in [1.29, 1.82) is 0 Å². The molecule has 172 valence electrons. The lowest BCUT2D eigenvalue weighted by molar-refractivity contribution is 0.627. The summed E-state index contributed by atoms with van der Waals surface area (Å²) in [7, 11) is 0. The summed E-state index contributed by atoms with van der Waals surface area (Å²) in [6, 6.07) is 21.7. The molecule has 0 radical (unpaired) electrons. The van der Waals surface area contributed by atoms with Gasteiger partial charge in [0, 0.05) is 22.1 Å². The number of hydrogen-bond acceptors (Lipinski definition) is 0. The fourth-order valence-electron chi connectivity index (χ4n) is 4.09. The van der Waals surface area contributed by atoms with Crippen LogP contribution in [0.15, 0.2) is 72.8 Å². The van der Waals surface area contributed by atoms with Gasteiger partial charge in [-0.1, -0.05) is 92.4 Å². The van der Waals surface area contributed by atoms with Crippen molar-refractivity contribution >= 4 is 22.4 Å². The van der Waals surface area contributed by atoms with Gasteiger partial charge in [-0.15, -0.1) is 0 Å². The van der Waals surface area contributed by atoms with Gasteiger partial charge in [0.2, 0.25) is 0 Å². The zero-order chi connectivity index (χ0) is 23.9. The summed E-state index contributed by atoms with van der Waals surface area (Å²) in [5, 5.41) is 1.24. The van der Waals surface area contributed by atoms with Crippen molar-refractivity contribution < 1.29 is 8.78 Å². The smallest absolute Gasteiger partial charge is 0.142 e. The van der Waals surface area contributed by atoms with Gasteiger partial charge in [0.15, 0.2) is 0 Å². The number of hydrogen-bond donors (Lipinski definition) is 0. The molecular weight excluding hydrogens is 446 g/mol. The van der Waals surface area contributed by atoms with E-state index in [2.05, 4.69) is 43.0 Å². The maximum absolute atomic E-state index is 15.2. The van der Waals surface area contributed by atoms with Gasteiger partial charge in [-0.05, 0) is 65.8 Å². The van der Waals surface area contributed by atoms with Crippen LogP contribution in [0.2, 0.25) is 5.02 Å². The molecule has 4 aromatic rings. The van der Waals surface area contributed by atoms with E-state index in [0.717, 1.165) is 22.9 Å². The van der Waals surface area contributed by atoms with Crippen LogP contribution >= 0.6 is 11.6 Å². The average Bonchev–Trinajstić information content (AvgIpc) is 2.85. The van der Waals surface area contributed by atoms with Crippen LogP contribution in [0.1, 0.15) is 55.7 Å². The minimum absolute atomic E-state index is 0.0187. The van der Waals surface area contributed by atoms with Crippen molar-refractivity contribution in [2.24, 2.45) is 0 Å². The number of unbranched alkanes of at least 4 members (excludes halogenated alkanes) is 4. The topological polar surface area (TPSA) is 0 Å². The van der Waals surface area contributed by atoms with Gasteiger partial charge in [0.1, 0.15) is 11.6 Å². The van der Waals surface area contributed by atoms with Crippen LogP contribution in [0.3, 0.4) is 0 Å². The summed E-state index contributed by atoms with van der Waals surface area (Å²) in [5.41, 5.74) is 3.92. The van der Waals surface area contributed by atoms with Crippen LogP contribution in [0.25, 0.3) is 21.9 Å². The standard InChI is InChI=1S/C31H27ClF2/c1-2-3-4-5-6-7-22-8-10-23(11-9-22)12-13-24-14-17-27-25(20-24)15-18-28(31(27)34)26-16-19-29(32)30(33)21-26/h8-11,14-21H,2-7H2,1H3. The Morgan fingerprint density at radius 2 is 1.47 bits per heavy atom. The molecule has 0 aromatic heterocycles. The highest BCUT2D eigenvalue weighted by Gasteiger charge is 2.11. The highest BCUT2D eigenvalue weighted by Crippen LogP contribution is 2.31. The molecule has 0 aliphatic heterocycles. The van der Waals surface area contributed by atoms with Crippen LogP contribution in [0, 0.1) is 23.5 Å². The third-order valence-electron chi connectivity index (χ3n) is 6.06. The zero-order valence-corrected chi connectivity index (χ0v) is 20.1. The summed E-state index contributed by atoms with van der Waals surface area (Å²) in [5.74, 6) is 5.43. The van der Waals surface area contributed by atoms with Crippen LogP contribution in [0.5, 0.6) is 0 Å². The monoisotopic (exact) mass is 472 g/mol. The van der Waals surface area contributed by atoms with E-state index in [9.17, 15) is 4.39 Å². The second-order valence-corrected chi connectivity index (χ2v) is 9.01. The van der Waals surface area contributed by atoms with Crippen LogP contribution < -0.4 is 0 Å². The van der Waals surface area contributed by atoms with Gasteiger partial charge in [-0.25, -0.2) is 8.78 Å². The molecule has 0 spiro atoms. The molecule has 34 heavy (non-hydrogen) atoms. The molecule has 0 bridgehead atoms. The quantitative estimate of drug-likeness (QED) is 0.185. The Morgan fingerprint density at radius 1 is 0.735 bits per heavy atom. The van der Waals surface area contributed by atoms with Crippen LogP contribution in [-0.2, 0) is 6.42 Å². The highest BCUT2D eigenvalue weighted by atomic mass is 35.5. The summed E-state index contributed by atoms with van der Waals surface area (Å²) in [4.78, 5) is 0. The van der Waals surface area contributed by atoms with Crippen molar-refractivity contribution in [3.63, 3.8) is 0 Å².